The maximum Gasteiger partial charge on any atom is 0.307 e. The molecule has 1 unspecified atom stereocenters. The van der Waals surface area contributed by atoms with Gasteiger partial charge in [-0.3, -0.25) is 4.79 Å². The van der Waals surface area contributed by atoms with Crippen LogP contribution in [-0.4, -0.2) is 55.0 Å². The molecule has 0 amide bonds. The Balaban J connectivity index is 2.17. The van der Waals surface area contributed by atoms with Gasteiger partial charge in [-0.1, -0.05) is 24.6 Å². The Morgan fingerprint density at radius 2 is 2.25 bits per heavy atom. The van der Waals surface area contributed by atoms with Crippen molar-refractivity contribution in [3.05, 3.63) is 29.7 Å². The minimum atomic E-state index is -0.873. The first-order valence-corrected chi connectivity index (χ1v) is 7.80. The second kappa shape index (κ2) is 8.92. The number of carbonyl (C=O) groups is 1. The lowest BCUT2D eigenvalue weighted by atomic mass is 9.83. The molecular formula is C15H21N5O4. The van der Waals surface area contributed by atoms with Crippen LogP contribution in [0.2, 0.25) is 0 Å². The number of tetrazole rings is 1. The predicted molar refractivity (Wildman–Crippen MR) is 83.5 cm³/mol. The molecule has 24 heavy (non-hydrogen) atoms. The number of aliphatic hydroxyl groups is 1. The number of hydrogen-bond acceptors (Lipinski definition) is 7. The Kier molecular flexibility index (Phi) is 6.62. The van der Waals surface area contributed by atoms with E-state index in [-0.39, 0.29) is 13.2 Å². The third-order valence-corrected chi connectivity index (χ3v) is 3.69. The quantitative estimate of drug-likeness (QED) is 0.580. The van der Waals surface area contributed by atoms with E-state index >= 15 is 0 Å². The number of carboxylic acids is 1. The summed E-state index contributed by atoms with van der Waals surface area (Å²) in [6, 6.07) is 3.51. The van der Waals surface area contributed by atoms with Crippen LogP contribution in [0.15, 0.2) is 18.3 Å². The Bertz CT molecular complexity index is 617. The van der Waals surface area contributed by atoms with E-state index < -0.39 is 17.8 Å². The van der Waals surface area contributed by atoms with E-state index in [4.69, 9.17) is 9.84 Å². The Hall–Kier alpha value is -2.55. The van der Waals surface area contributed by atoms with Crippen LogP contribution in [0.25, 0.3) is 0 Å². The summed E-state index contributed by atoms with van der Waals surface area (Å²) in [6.07, 6.45) is 3.34. The van der Waals surface area contributed by atoms with Crippen LogP contribution >= 0.6 is 0 Å². The number of aromatic nitrogens is 5. The van der Waals surface area contributed by atoms with Gasteiger partial charge >= 0.3 is 5.97 Å². The van der Waals surface area contributed by atoms with Gasteiger partial charge in [0.2, 0.25) is 5.88 Å². The van der Waals surface area contributed by atoms with Crippen molar-refractivity contribution in [1.29, 1.82) is 0 Å². The van der Waals surface area contributed by atoms with Crippen molar-refractivity contribution in [2.45, 2.75) is 32.1 Å². The maximum atomic E-state index is 11.6. The molecule has 0 fully saturated rings. The molecule has 0 bridgehead atoms. The van der Waals surface area contributed by atoms with Gasteiger partial charge in [-0.25, -0.2) is 4.98 Å². The zero-order valence-corrected chi connectivity index (χ0v) is 13.4. The summed E-state index contributed by atoms with van der Waals surface area (Å²) in [4.78, 5) is 15.8. The second-order valence-electron chi connectivity index (χ2n) is 5.39. The molecule has 0 aromatic carbocycles. The van der Waals surface area contributed by atoms with Gasteiger partial charge in [0.15, 0.2) is 5.82 Å². The number of ether oxygens (including phenoxy) is 1. The molecular weight excluding hydrogens is 314 g/mol. The number of H-pyrrole nitrogens is 1. The number of aliphatic hydroxyl groups excluding tert-OH is 1. The highest BCUT2D eigenvalue weighted by atomic mass is 16.5. The van der Waals surface area contributed by atoms with Crippen LogP contribution < -0.4 is 4.74 Å². The first-order valence-electron chi connectivity index (χ1n) is 7.80. The largest absolute Gasteiger partial charge is 0.481 e. The van der Waals surface area contributed by atoms with E-state index in [1.807, 2.05) is 13.0 Å². The van der Waals surface area contributed by atoms with Gasteiger partial charge in [0.05, 0.1) is 12.5 Å². The summed E-state index contributed by atoms with van der Waals surface area (Å²) in [6.45, 7) is 2.04. The average molecular weight is 335 g/mol. The maximum absolute atomic E-state index is 11.6. The fourth-order valence-corrected chi connectivity index (χ4v) is 2.57. The van der Waals surface area contributed by atoms with Gasteiger partial charge in [-0.05, 0) is 18.4 Å². The molecule has 2 atom stereocenters. The molecule has 2 aromatic rings. The summed E-state index contributed by atoms with van der Waals surface area (Å²) in [7, 11) is 0. The number of nitrogens with one attached hydrogen (secondary N) is 1. The molecule has 2 heterocycles. The van der Waals surface area contributed by atoms with Gasteiger partial charge in [0.25, 0.3) is 0 Å². The summed E-state index contributed by atoms with van der Waals surface area (Å²) >= 11 is 0. The molecule has 0 aliphatic heterocycles. The smallest absolute Gasteiger partial charge is 0.307 e. The van der Waals surface area contributed by atoms with Crippen molar-refractivity contribution < 1.29 is 19.7 Å². The molecule has 9 nitrogen and oxygen atoms in total. The summed E-state index contributed by atoms with van der Waals surface area (Å²) in [5, 5.41) is 32.2. The molecule has 2 rings (SSSR count). The van der Waals surface area contributed by atoms with Crippen molar-refractivity contribution in [1.82, 2.24) is 25.6 Å². The predicted octanol–water partition coefficient (Wildman–Crippen LogP) is 0.793. The molecule has 0 aliphatic carbocycles. The average Bonchev–Trinajstić information content (AvgIpc) is 3.11. The Morgan fingerprint density at radius 3 is 2.79 bits per heavy atom. The molecule has 9 heteroatoms. The van der Waals surface area contributed by atoms with Crippen molar-refractivity contribution >= 4 is 5.97 Å². The number of aliphatic carboxylic acids is 1. The number of hydrogen-bond donors (Lipinski definition) is 3. The van der Waals surface area contributed by atoms with Gasteiger partial charge in [-0.2, -0.15) is 5.21 Å². The van der Waals surface area contributed by atoms with E-state index in [1.165, 1.54) is 0 Å². The van der Waals surface area contributed by atoms with Crippen LogP contribution in [0.4, 0.5) is 0 Å². The van der Waals surface area contributed by atoms with Crippen LogP contribution in [0, 0.1) is 5.92 Å². The molecule has 0 spiro atoms. The van der Waals surface area contributed by atoms with E-state index in [0.717, 1.165) is 12.0 Å². The molecule has 2 aromatic heterocycles. The second-order valence-corrected chi connectivity index (χ2v) is 5.39. The van der Waals surface area contributed by atoms with Gasteiger partial charge in [-0.15, -0.1) is 10.2 Å². The molecule has 0 saturated heterocycles. The van der Waals surface area contributed by atoms with Crippen molar-refractivity contribution in [2.75, 3.05) is 13.2 Å². The monoisotopic (exact) mass is 335 g/mol. The SMILES string of the molecule is CCCC(C(=O)O)[C@H](Cc1ccc(OCCO)nc1)c1nn[nH]n1. The Labute approximate surface area is 139 Å². The summed E-state index contributed by atoms with van der Waals surface area (Å²) in [5.74, 6) is -1.07. The standard InChI is InChI=1S/C15H21N5O4/c1-2-3-11(15(22)23)12(14-17-19-20-18-14)8-10-4-5-13(16-9-10)24-7-6-21/h4-5,9,11-12,21H,2-3,6-8H2,1H3,(H,22,23)(H,17,18,19,20)/t11?,12-/m0/s1. The van der Waals surface area contributed by atoms with Gasteiger partial charge < -0.3 is 14.9 Å². The van der Waals surface area contributed by atoms with Crippen LogP contribution in [0.3, 0.4) is 0 Å². The summed E-state index contributed by atoms with van der Waals surface area (Å²) < 4.78 is 5.22. The van der Waals surface area contributed by atoms with E-state index in [1.54, 1.807) is 12.3 Å². The zero-order valence-electron chi connectivity index (χ0n) is 13.4. The molecule has 3 N–H and O–H groups in total. The van der Waals surface area contributed by atoms with Crippen LogP contribution in [0.1, 0.15) is 37.1 Å². The van der Waals surface area contributed by atoms with E-state index in [9.17, 15) is 9.90 Å². The lowest BCUT2D eigenvalue weighted by Crippen LogP contribution is -2.25. The van der Waals surface area contributed by atoms with E-state index in [2.05, 4.69) is 25.6 Å². The lowest BCUT2D eigenvalue weighted by Gasteiger charge is -2.20. The number of carboxylic acid groups (broad SMARTS) is 1. The topological polar surface area (TPSA) is 134 Å². The minimum Gasteiger partial charge on any atom is -0.481 e. The number of nitrogens with zero attached hydrogens (tertiary/aromatic N) is 4. The molecule has 130 valence electrons. The number of aromatic amines is 1. The molecule has 0 aliphatic rings. The minimum absolute atomic E-state index is 0.0827. The number of pyridine rings is 1. The van der Waals surface area contributed by atoms with Crippen molar-refractivity contribution in [3.8, 4) is 5.88 Å². The first-order chi connectivity index (χ1) is 11.7. The van der Waals surface area contributed by atoms with Gasteiger partial charge in [0, 0.05) is 18.2 Å². The third-order valence-electron chi connectivity index (χ3n) is 3.69. The summed E-state index contributed by atoms with van der Waals surface area (Å²) in [5.41, 5.74) is 0.850. The van der Waals surface area contributed by atoms with E-state index in [0.29, 0.717) is 24.5 Å². The fraction of sp³-hybridized carbons (Fsp3) is 0.533. The van der Waals surface area contributed by atoms with Crippen LogP contribution in [-0.2, 0) is 11.2 Å². The highest BCUT2D eigenvalue weighted by Gasteiger charge is 2.32. The Morgan fingerprint density at radius 1 is 1.42 bits per heavy atom. The van der Waals surface area contributed by atoms with Crippen LogP contribution in [0.5, 0.6) is 5.88 Å². The normalized spacial score (nSPS) is 13.4. The highest BCUT2D eigenvalue weighted by Crippen LogP contribution is 2.29. The third kappa shape index (κ3) is 4.72. The van der Waals surface area contributed by atoms with Crippen molar-refractivity contribution in [3.63, 3.8) is 0 Å². The molecule has 0 saturated carbocycles. The number of rotatable bonds is 10. The van der Waals surface area contributed by atoms with Gasteiger partial charge in [0.1, 0.15) is 6.61 Å². The fourth-order valence-electron chi connectivity index (χ4n) is 2.57. The van der Waals surface area contributed by atoms with Crippen molar-refractivity contribution in [2.24, 2.45) is 5.92 Å². The highest BCUT2D eigenvalue weighted by molar-refractivity contribution is 5.71. The lowest BCUT2D eigenvalue weighted by molar-refractivity contribution is -0.142. The molecule has 0 radical (unpaired) electrons. The first kappa shape index (κ1) is 17.8. The zero-order chi connectivity index (χ0) is 17.4.